The molecule has 0 unspecified atom stereocenters. The largest absolute Gasteiger partial charge is 0.507 e. The molecule has 0 saturated heterocycles. The molecule has 0 amide bonds. The number of carbonyl (C=O) groups excluding carboxylic acids is 2. The van der Waals surface area contributed by atoms with Crippen molar-refractivity contribution in [3.8, 4) is 5.75 Å². The highest BCUT2D eigenvalue weighted by Crippen LogP contribution is 2.36. The number of furan rings is 1. The Morgan fingerprint density at radius 3 is 2.65 bits per heavy atom. The molecule has 2 heterocycles. The van der Waals surface area contributed by atoms with Gasteiger partial charge in [0.15, 0.2) is 0 Å². The van der Waals surface area contributed by atoms with Crippen molar-refractivity contribution in [2.45, 2.75) is 19.3 Å². The van der Waals surface area contributed by atoms with Crippen molar-refractivity contribution in [1.82, 2.24) is 0 Å². The first kappa shape index (κ1) is 17.5. The second-order valence-corrected chi connectivity index (χ2v) is 5.56. The molecular weight excluding hydrogens is 340 g/mol. The van der Waals surface area contributed by atoms with Gasteiger partial charge in [0.05, 0.1) is 29.7 Å². The Bertz CT molecular complexity index is 998. The van der Waals surface area contributed by atoms with Crippen LogP contribution in [0.5, 0.6) is 5.75 Å². The zero-order valence-corrected chi connectivity index (χ0v) is 13.9. The molecule has 0 fully saturated rings. The van der Waals surface area contributed by atoms with E-state index in [1.54, 1.807) is 43.3 Å². The maximum absolute atomic E-state index is 12.5. The Morgan fingerprint density at radius 2 is 1.96 bits per heavy atom. The quantitative estimate of drug-likeness (QED) is 0.411. The summed E-state index contributed by atoms with van der Waals surface area (Å²) in [6.45, 7) is 1.64. The van der Waals surface area contributed by atoms with Gasteiger partial charge in [-0.15, -0.1) is 0 Å². The number of benzene rings is 1. The van der Waals surface area contributed by atoms with Crippen LogP contribution in [-0.2, 0) is 14.3 Å². The molecule has 0 aliphatic rings. The highest BCUT2D eigenvalue weighted by Gasteiger charge is 2.31. The van der Waals surface area contributed by atoms with Crippen LogP contribution in [0.15, 0.2) is 56.3 Å². The Kier molecular flexibility index (Phi) is 4.88. The summed E-state index contributed by atoms with van der Waals surface area (Å²) in [5, 5.41) is 10.9. The third kappa shape index (κ3) is 3.23. The van der Waals surface area contributed by atoms with Gasteiger partial charge in [0.2, 0.25) is 5.78 Å². The second-order valence-electron chi connectivity index (χ2n) is 5.56. The van der Waals surface area contributed by atoms with Crippen molar-refractivity contribution in [3.63, 3.8) is 0 Å². The van der Waals surface area contributed by atoms with Gasteiger partial charge in [-0.2, -0.15) is 0 Å². The lowest BCUT2D eigenvalue weighted by atomic mass is 9.91. The van der Waals surface area contributed by atoms with Gasteiger partial charge >= 0.3 is 11.6 Å². The molecule has 7 heteroatoms. The standard InChI is InChI=1S/C19H16O7/c1-2-24-18(22)13(20)10-12(14-8-5-9-25-14)16-17(21)11-6-3-4-7-15(11)26-19(16)23/h3-9,12,21H,2,10H2,1H3/t12-/m0/s1. The molecule has 1 aromatic carbocycles. The molecule has 1 N–H and O–H groups in total. The molecule has 3 rings (SSSR count). The monoisotopic (exact) mass is 356 g/mol. The van der Waals surface area contributed by atoms with E-state index in [9.17, 15) is 19.5 Å². The molecule has 0 bridgehead atoms. The van der Waals surface area contributed by atoms with Crippen molar-refractivity contribution in [2.75, 3.05) is 6.61 Å². The van der Waals surface area contributed by atoms with E-state index in [1.165, 1.54) is 6.26 Å². The molecule has 0 saturated carbocycles. The summed E-state index contributed by atoms with van der Waals surface area (Å²) in [7, 11) is 0. The van der Waals surface area contributed by atoms with Crippen LogP contribution in [0.2, 0.25) is 0 Å². The topological polar surface area (TPSA) is 107 Å². The third-order valence-electron chi connectivity index (χ3n) is 3.95. The van der Waals surface area contributed by atoms with Crippen molar-refractivity contribution in [2.24, 2.45) is 0 Å². The summed E-state index contributed by atoms with van der Waals surface area (Å²) in [5.74, 6) is -2.88. The van der Waals surface area contributed by atoms with Crippen molar-refractivity contribution < 1.29 is 28.3 Å². The van der Waals surface area contributed by atoms with Crippen molar-refractivity contribution in [1.29, 1.82) is 0 Å². The van der Waals surface area contributed by atoms with E-state index in [0.717, 1.165) is 0 Å². The first-order valence-corrected chi connectivity index (χ1v) is 8.01. The van der Waals surface area contributed by atoms with Gasteiger partial charge in [0.25, 0.3) is 0 Å². The number of aromatic hydroxyl groups is 1. The van der Waals surface area contributed by atoms with Crippen LogP contribution in [-0.4, -0.2) is 23.5 Å². The minimum absolute atomic E-state index is 0.0549. The number of ether oxygens (including phenoxy) is 1. The van der Waals surface area contributed by atoms with Crippen LogP contribution < -0.4 is 5.63 Å². The van der Waals surface area contributed by atoms with E-state index in [-0.39, 0.29) is 29.3 Å². The SMILES string of the molecule is CCOC(=O)C(=O)C[C@@H](c1ccco1)c1c(O)c2ccccc2oc1=O. The molecule has 0 spiro atoms. The summed E-state index contributed by atoms with van der Waals surface area (Å²) in [6, 6.07) is 9.61. The van der Waals surface area contributed by atoms with Gasteiger partial charge in [-0.05, 0) is 31.2 Å². The fourth-order valence-corrected chi connectivity index (χ4v) is 2.77. The Hall–Kier alpha value is -3.35. The van der Waals surface area contributed by atoms with Crippen molar-refractivity contribution >= 4 is 22.7 Å². The van der Waals surface area contributed by atoms with E-state index in [2.05, 4.69) is 0 Å². The number of fused-ring (bicyclic) bond motifs is 1. The molecule has 26 heavy (non-hydrogen) atoms. The van der Waals surface area contributed by atoms with Gasteiger partial charge in [0.1, 0.15) is 17.1 Å². The number of esters is 1. The van der Waals surface area contributed by atoms with Crippen LogP contribution in [0.25, 0.3) is 11.0 Å². The molecule has 1 atom stereocenters. The van der Waals surface area contributed by atoms with Crippen LogP contribution >= 0.6 is 0 Å². The molecule has 134 valence electrons. The van der Waals surface area contributed by atoms with E-state index in [4.69, 9.17) is 13.6 Å². The Balaban J connectivity index is 2.11. The van der Waals surface area contributed by atoms with Gasteiger partial charge in [-0.25, -0.2) is 9.59 Å². The maximum Gasteiger partial charge on any atom is 0.374 e. The lowest BCUT2D eigenvalue weighted by Crippen LogP contribution is -2.23. The van der Waals surface area contributed by atoms with Gasteiger partial charge < -0.3 is 18.7 Å². The highest BCUT2D eigenvalue weighted by molar-refractivity contribution is 6.33. The van der Waals surface area contributed by atoms with E-state index < -0.39 is 29.7 Å². The van der Waals surface area contributed by atoms with E-state index in [0.29, 0.717) is 5.39 Å². The number of Topliss-reactive ketones (excluding diaryl/α,β-unsaturated/α-hetero) is 1. The molecule has 7 nitrogen and oxygen atoms in total. The number of rotatable bonds is 6. The zero-order valence-electron chi connectivity index (χ0n) is 13.9. The minimum Gasteiger partial charge on any atom is -0.507 e. The molecule has 3 aromatic rings. The number of para-hydroxylation sites is 1. The summed E-state index contributed by atoms with van der Waals surface area (Å²) < 4.78 is 15.3. The van der Waals surface area contributed by atoms with Crippen molar-refractivity contribution in [3.05, 3.63) is 64.4 Å². The van der Waals surface area contributed by atoms with Gasteiger partial charge in [-0.3, -0.25) is 4.79 Å². The third-order valence-corrected chi connectivity index (χ3v) is 3.95. The van der Waals surface area contributed by atoms with Gasteiger partial charge in [-0.1, -0.05) is 12.1 Å². The smallest absolute Gasteiger partial charge is 0.374 e. The van der Waals surface area contributed by atoms with Crippen LogP contribution in [0, 0.1) is 0 Å². The molecule has 0 aliphatic carbocycles. The minimum atomic E-state index is -1.01. The number of carbonyl (C=O) groups is 2. The molecule has 0 aliphatic heterocycles. The van der Waals surface area contributed by atoms with E-state index >= 15 is 0 Å². The van der Waals surface area contributed by atoms with E-state index in [1.807, 2.05) is 0 Å². The number of ketones is 1. The summed E-state index contributed by atoms with van der Waals surface area (Å²) in [4.78, 5) is 36.3. The summed E-state index contributed by atoms with van der Waals surface area (Å²) in [5.41, 5.74) is -0.732. The predicted octanol–water partition coefficient (Wildman–Crippen LogP) is 2.75. The lowest BCUT2D eigenvalue weighted by Gasteiger charge is -2.15. The first-order valence-electron chi connectivity index (χ1n) is 8.01. The number of hydrogen-bond acceptors (Lipinski definition) is 7. The van der Waals surface area contributed by atoms with Gasteiger partial charge in [0, 0.05) is 6.42 Å². The molecule has 2 aromatic heterocycles. The highest BCUT2D eigenvalue weighted by atomic mass is 16.5. The normalized spacial score (nSPS) is 12.0. The summed E-state index contributed by atoms with van der Waals surface area (Å²) >= 11 is 0. The number of hydrogen-bond donors (Lipinski definition) is 1. The average Bonchev–Trinajstić information content (AvgIpc) is 3.15. The predicted molar refractivity (Wildman–Crippen MR) is 91.0 cm³/mol. The Morgan fingerprint density at radius 1 is 1.19 bits per heavy atom. The van der Waals surface area contributed by atoms with Crippen LogP contribution in [0.3, 0.4) is 0 Å². The Labute approximate surface area is 147 Å². The lowest BCUT2D eigenvalue weighted by molar-refractivity contribution is -0.153. The average molecular weight is 356 g/mol. The molecular formula is C19H16O7. The first-order chi connectivity index (χ1) is 12.5. The summed E-state index contributed by atoms with van der Waals surface area (Å²) in [6.07, 6.45) is 0.972. The fraction of sp³-hybridized carbons (Fsp3) is 0.211. The fourth-order valence-electron chi connectivity index (χ4n) is 2.77. The zero-order chi connectivity index (χ0) is 18.7. The van der Waals surface area contributed by atoms with Crippen LogP contribution in [0.1, 0.15) is 30.6 Å². The van der Waals surface area contributed by atoms with Crippen LogP contribution in [0.4, 0.5) is 0 Å². The second kappa shape index (κ2) is 7.26. The molecule has 0 radical (unpaired) electrons. The maximum atomic E-state index is 12.5.